The van der Waals surface area contributed by atoms with Gasteiger partial charge in [0.05, 0.1) is 0 Å². The predicted octanol–water partition coefficient (Wildman–Crippen LogP) is 2.87. The van der Waals surface area contributed by atoms with E-state index < -0.39 is 5.60 Å². The number of rotatable bonds is 4. The Balaban J connectivity index is 1.70. The zero-order valence-corrected chi connectivity index (χ0v) is 14.0. The molecule has 0 aromatic rings. The van der Waals surface area contributed by atoms with Crippen LogP contribution in [0.3, 0.4) is 0 Å². The summed E-state index contributed by atoms with van der Waals surface area (Å²) in [6.07, 6.45) is 3.76. The first kappa shape index (κ1) is 16.0. The maximum absolute atomic E-state index is 11.9. The summed E-state index contributed by atoms with van der Waals surface area (Å²) in [5.74, 6) is 1.19. The minimum absolute atomic E-state index is 0.179. The fourth-order valence-electron chi connectivity index (χ4n) is 2.89. The van der Waals surface area contributed by atoms with Crippen molar-refractivity contribution in [1.82, 2.24) is 10.2 Å². The lowest BCUT2D eigenvalue weighted by Crippen LogP contribution is -2.62. The maximum atomic E-state index is 11.9. The molecule has 1 saturated heterocycles. The summed E-state index contributed by atoms with van der Waals surface area (Å²) < 4.78 is 5.37. The molecular formula is C15H28N2O2S. The van der Waals surface area contributed by atoms with Gasteiger partial charge in [-0.1, -0.05) is 13.3 Å². The Morgan fingerprint density at radius 1 is 1.35 bits per heavy atom. The van der Waals surface area contributed by atoms with E-state index in [-0.39, 0.29) is 6.09 Å². The minimum Gasteiger partial charge on any atom is -0.444 e. The second kappa shape index (κ2) is 6.56. The molecule has 0 aromatic heterocycles. The van der Waals surface area contributed by atoms with Crippen LogP contribution in [0.25, 0.3) is 0 Å². The van der Waals surface area contributed by atoms with Crippen LogP contribution in [0.4, 0.5) is 4.79 Å². The van der Waals surface area contributed by atoms with E-state index in [9.17, 15) is 4.79 Å². The Morgan fingerprint density at radius 2 is 2.05 bits per heavy atom. The van der Waals surface area contributed by atoms with Gasteiger partial charge in [0.25, 0.3) is 0 Å². The molecule has 2 rings (SSSR count). The summed E-state index contributed by atoms with van der Waals surface area (Å²) in [5.41, 5.74) is -0.399. The molecule has 1 amide bonds. The number of ether oxygens (including phenoxy) is 1. The molecule has 1 aliphatic carbocycles. The van der Waals surface area contributed by atoms with Crippen molar-refractivity contribution in [1.29, 1.82) is 0 Å². The molecule has 1 heterocycles. The third-order valence-corrected chi connectivity index (χ3v) is 5.14. The number of carbonyl (C=O) groups excluding carboxylic acids is 1. The van der Waals surface area contributed by atoms with Crippen LogP contribution in [-0.4, -0.2) is 52.8 Å². The van der Waals surface area contributed by atoms with E-state index in [1.807, 2.05) is 20.8 Å². The van der Waals surface area contributed by atoms with Crippen LogP contribution in [0.5, 0.6) is 0 Å². The quantitative estimate of drug-likeness (QED) is 0.867. The molecule has 0 aromatic carbocycles. The third kappa shape index (κ3) is 4.29. The highest BCUT2D eigenvalue weighted by atomic mass is 32.2. The molecule has 1 saturated carbocycles. The number of carbonyl (C=O) groups is 1. The molecule has 4 nitrogen and oxygen atoms in total. The van der Waals surface area contributed by atoms with E-state index in [4.69, 9.17) is 4.74 Å². The summed E-state index contributed by atoms with van der Waals surface area (Å²) in [6.45, 7) is 9.53. The Labute approximate surface area is 127 Å². The van der Waals surface area contributed by atoms with Crippen LogP contribution in [0.15, 0.2) is 0 Å². The van der Waals surface area contributed by atoms with Gasteiger partial charge in [0, 0.05) is 30.4 Å². The lowest BCUT2D eigenvalue weighted by Gasteiger charge is -2.42. The second-order valence-corrected chi connectivity index (χ2v) is 8.30. The van der Waals surface area contributed by atoms with Crippen molar-refractivity contribution < 1.29 is 9.53 Å². The molecule has 0 bridgehead atoms. The van der Waals surface area contributed by atoms with Gasteiger partial charge in [-0.25, -0.2) is 4.79 Å². The van der Waals surface area contributed by atoms with Crippen LogP contribution in [-0.2, 0) is 4.74 Å². The lowest BCUT2D eigenvalue weighted by atomic mass is 10.1. The SMILES string of the molecule is CCSC1CCCC1NC1CN(C(=O)OC(C)(C)C)C1. The number of nitrogens with one attached hydrogen (secondary N) is 1. The molecule has 1 N–H and O–H groups in total. The summed E-state index contributed by atoms with van der Waals surface area (Å²) in [5, 5.41) is 4.49. The summed E-state index contributed by atoms with van der Waals surface area (Å²) in [4.78, 5) is 13.7. The standard InChI is InChI=1S/C15H28N2O2S/c1-5-20-13-8-6-7-12(13)16-11-9-17(10-11)14(18)19-15(2,3)4/h11-13,16H,5-10H2,1-4H3. The van der Waals surface area contributed by atoms with Gasteiger partial charge in [0.1, 0.15) is 5.60 Å². The smallest absolute Gasteiger partial charge is 0.410 e. The Hall–Kier alpha value is -0.420. The number of thioether (sulfide) groups is 1. The van der Waals surface area contributed by atoms with Gasteiger partial charge >= 0.3 is 6.09 Å². The number of nitrogens with zero attached hydrogens (tertiary/aromatic N) is 1. The molecule has 2 atom stereocenters. The van der Waals surface area contributed by atoms with Crippen LogP contribution < -0.4 is 5.32 Å². The highest BCUT2D eigenvalue weighted by Crippen LogP contribution is 2.30. The van der Waals surface area contributed by atoms with Gasteiger partial charge in [-0.3, -0.25) is 0 Å². The highest BCUT2D eigenvalue weighted by Gasteiger charge is 2.37. The zero-order chi connectivity index (χ0) is 14.8. The molecule has 2 fully saturated rings. The first-order valence-electron chi connectivity index (χ1n) is 7.74. The number of likely N-dealkylation sites (tertiary alicyclic amines) is 1. The monoisotopic (exact) mass is 300 g/mol. The van der Waals surface area contributed by atoms with Crippen molar-refractivity contribution in [3.05, 3.63) is 0 Å². The van der Waals surface area contributed by atoms with E-state index >= 15 is 0 Å². The van der Waals surface area contributed by atoms with E-state index in [1.165, 1.54) is 25.0 Å². The maximum Gasteiger partial charge on any atom is 0.410 e. The van der Waals surface area contributed by atoms with Crippen LogP contribution in [0.1, 0.15) is 47.0 Å². The normalized spacial score (nSPS) is 27.5. The summed E-state index contributed by atoms with van der Waals surface area (Å²) >= 11 is 2.07. The molecule has 0 spiro atoms. The first-order valence-corrected chi connectivity index (χ1v) is 8.79. The fraction of sp³-hybridized carbons (Fsp3) is 0.933. The molecule has 1 aliphatic heterocycles. The Bertz CT molecular complexity index is 337. The van der Waals surface area contributed by atoms with Gasteiger partial charge in [0.15, 0.2) is 0 Å². The number of amides is 1. The topological polar surface area (TPSA) is 41.6 Å². The van der Waals surface area contributed by atoms with Crippen molar-refractivity contribution >= 4 is 17.9 Å². The van der Waals surface area contributed by atoms with Gasteiger partial charge in [-0.05, 0) is 39.4 Å². The molecular weight excluding hydrogens is 272 g/mol. The largest absolute Gasteiger partial charge is 0.444 e. The van der Waals surface area contributed by atoms with Crippen molar-refractivity contribution in [3.63, 3.8) is 0 Å². The van der Waals surface area contributed by atoms with Gasteiger partial charge in [-0.15, -0.1) is 0 Å². The van der Waals surface area contributed by atoms with Gasteiger partial charge in [0.2, 0.25) is 0 Å². The fourth-order valence-corrected chi connectivity index (χ4v) is 4.10. The van der Waals surface area contributed by atoms with E-state index in [0.29, 0.717) is 12.1 Å². The Morgan fingerprint density at radius 3 is 2.65 bits per heavy atom. The van der Waals surface area contributed by atoms with Crippen molar-refractivity contribution in [3.8, 4) is 0 Å². The first-order chi connectivity index (χ1) is 9.39. The molecule has 5 heteroatoms. The summed E-state index contributed by atoms with van der Waals surface area (Å²) in [7, 11) is 0. The van der Waals surface area contributed by atoms with Crippen molar-refractivity contribution in [2.45, 2.75) is 69.9 Å². The second-order valence-electron chi connectivity index (χ2n) is 6.78. The summed E-state index contributed by atoms with van der Waals surface area (Å²) in [6, 6.07) is 1.08. The average Bonchev–Trinajstić information content (AvgIpc) is 2.68. The molecule has 116 valence electrons. The van der Waals surface area contributed by atoms with Crippen molar-refractivity contribution in [2.75, 3.05) is 18.8 Å². The molecule has 0 radical (unpaired) electrons. The molecule has 2 unspecified atom stereocenters. The average molecular weight is 300 g/mol. The number of hydrogen-bond donors (Lipinski definition) is 1. The van der Waals surface area contributed by atoms with Crippen molar-refractivity contribution in [2.24, 2.45) is 0 Å². The van der Waals surface area contributed by atoms with Crippen LogP contribution in [0, 0.1) is 0 Å². The minimum atomic E-state index is -0.399. The van der Waals surface area contributed by atoms with Crippen LogP contribution >= 0.6 is 11.8 Å². The molecule has 2 aliphatic rings. The number of hydrogen-bond acceptors (Lipinski definition) is 4. The van der Waals surface area contributed by atoms with E-state index in [1.54, 1.807) is 4.90 Å². The predicted molar refractivity (Wildman–Crippen MR) is 84.3 cm³/mol. The van der Waals surface area contributed by atoms with Crippen LogP contribution in [0.2, 0.25) is 0 Å². The highest BCUT2D eigenvalue weighted by molar-refractivity contribution is 7.99. The van der Waals surface area contributed by atoms with Gasteiger partial charge < -0.3 is 15.0 Å². The lowest BCUT2D eigenvalue weighted by molar-refractivity contribution is 0.00430. The molecule has 20 heavy (non-hydrogen) atoms. The van der Waals surface area contributed by atoms with Gasteiger partial charge in [-0.2, -0.15) is 11.8 Å². The Kier molecular flexibility index (Phi) is 5.24. The van der Waals surface area contributed by atoms with E-state index in [2.05, 4.69) is 24.0 Å². The third-order valence-electron chi connectivity index (χ3n) is 3.82. The van der Waals surface area contributed by atoms with E-state index in [0.717, 1.165) is 18.3 Å². The zero-order valence-electron chi connectivity index (χ0n) is 13.1.